The van der Waals surface area contributed by atoms with Crippen LogP contribution in [0.3, 0.4) is 0 Å². The normalized spacial score (nSPS) is 28.5. The summed E-state index contributed by atoms with van der Waals surface area (Å²) >= 11 is 1.40. The third kappa shape index (κ3) is 2.69. The summed E-state index contributed by atoms with van der Waals surface area (Å²) in [6.45, 7) is 0. The molecule has 25 heavy (non-hydrogen) atoms. The van der Waals surface area contributed by atoms with Crippen LogP contribution in [0.4, 0.5) is 8.78 Å². The van der Waals surface area contributed by atoms with Crippen LogP contribution in [0.25, 0.3) is 11.1 Å². The van der Waals surface area contributed by atoms with E-state index in [4.69, 9.17) is 5.73 Å². The second kappa shape index (κ2) is 6.03. The zero-order chi connectivity index (χ0) is 17.6. The molecule has 0 amide bonds. The van der Waals surface area contributed by atoms with Gasteiger partial charge in [0, 0.05) is 53.2 Å². The van der Waals surface area contributed by atoms with Crippen molar-refractivity contribution >= 4 is 16.9 Å². The number of benzene rings is 1. The molecule has 3 atom stereocenters. The number of hydrogen-bond donors (Lipinski definition) is 2. The van der Waals surface area contributed by atoms with E-state index >= 15 is 0 Å². The topological polar surface area (TPSA) is 84.4 Å². The van der Waals surface area contributed by atoms with Crippen LogP contribution in [-0.2, 0) is 5.54 Å². The number of amidine groups is 1. The number of aliphatic imine (C=N–C) groups is 1. The van der Waals surface area contributed by atoms with E-state index in [0.717, 1.165) is 6.07 Å². The van der Waals surface area contributed by atoms with Gasteiger partial charge in [-0.05, 0) is 12.5 Å². The number of nitrogens with two attached hydrogens (primary N) is 1. The summed E-state index contributed by atoms with van der Waals surface area (Å²) in [6.07, 6.45) is 4.49. The molecule has 1 saturated carbocycles. The molecule has 0 spiro atoms. The number of aliphatic hydroxyl groups excluding tert-OH is 1. The van der Waals surface area contributed by atoms with Crippen molar-refractivity contribution in [3.63, 3.8) is 0 Å². The molecule has 4 rings (SSSR count). The van der Waals surface area contributed by atoms with Gasteiger partial charge in [0.2, 0.25) is 0 Å². The van der Waals surface area contributed by atoms with Crippen molar-refractivity contribution in [2.75, 3.05) is 5.75 Å². The predicted octanol–water partition coefficient (Wildman–Crippen LogP) is 2.45. The minimum atomic E-state index is -0.961. The summed E-state index contributed by atoms with van der Waals surface area (Å²) in [5, 5.41) is 10.5. The highest BCUT2D eigenvalue weighted by molar-refractivity contribution is 8.13. The highest BCUT2D eigenvalue weighted by Crippen LogP contribution is 2.52. The first kappa shape index (κ1) is 16.4. The number of rotatable bonds is 2. The number of hydrogen-bond acceptors (Lipinski definition) is 6. The van der Waals surface area contributed by atoms with Gasteiger partial charge in [-0.3, -0.25) is 4.99 Å². The van der Waals surface area contributed by atoms with E-state index in [-0.39, 0.29) is 23.5 Å². The average Bonchev–Trinajstić information content (AvgIpc) is 2.91. The smallest absolute Gasteiger partial charge is 0.154 e. The molecule has 2 aliphatic rings. The lowest BCUT2D eigenvalue weighted by molar-refractivity contribution is 0.173. The Hall–Kier alpha value is -2.06. The molecule has 1 aromatic heterocycles. The van der Waals surface area contributed by atoms with Crippen molar-refractivity contribution in [3.8, 4) is 11.1 Å². The largest absolute Gasteiger partial charge is 0.393 e. The van der Waals surface area contributed by atoms with Gasteiger partial charge in [0.15, 0.2) is 5.17 Å². The molecule has 0 unspecified atom stereocenters. The Balaban J connectivity index is 1.91. The summed E-state index contributed by atoms with van der Waals surface area (Å²) in [5.41, 5.74) is 5.86. The minimum Gasteiger partial charge on any atom is -0.393 e. The van der Waals surface area contributed by atoms with Crippen molar-refractivity contribution in [2.45, 2.75) is 24.5 Å². The van der Waals surface area contributed by atoms with Crippen molar-refractivity contribution in [1.29, 1.82) is 0 Å². The fourth-order valence-corrected chi connectivity index (χ4v) is 4.83. The molecule has 130 valence electrons. The molecular weight excluding hydrogens is 346 g/mol. The van der Waals surface area contributed by atoms with Crippen LogP contribution in [0.2, 0.25) is 0 Å². The number of aromatic nitrogens is 2. The molecule has 1 aromatic carbocycles. The third-order valence-electron chi connectivity index (χ3n) is 4.92. The third-order valence-corrected chi connectivity index (χ3v) is 5.87. The second-order valence-corrected chi connectivity index (χ2v) is 7.46. The molecule has 0 saturated heterocycles. The van der Waals surface area contributed by atoms with Crippen LogP contribution in [0.15, 0.2) is 35.8 Å². The molecule has 1 fully saturated rings. The maximum atomic E-state index is 14.7. The van der Waals surface area contributed by atoms with Gasteiger partial charge in [-0.1, -0.05) is 11.8 Å². The Bertz CT molecular complexity index is 848. The van der Waals surface area contributed by atoms with Gasteiger partial charge in [-0.15, -0.1) is 0 Å². The molecular formula is C17H16F2N4OS. The van der Waals surface area contributed by atoms with Crippen molar-refractivity contribution < 1.29 is 13.9 Å². The molecule has 2 aromatic rings. The van der Waals surface area contributed by atoms with Crippen LogP contribution in [-0.4, -0.2) is 32.1 Å². The second-order valence-electron chi connectivity index (χ2n) is 6.41. The van der Waals surface area contributed by atoms with Gasteiger partial charge in [-0.25, -0.2) is 18.7 Å². The number of thioether (sulfide) groups is 1. The number of aliphatic hydroxyl groups is 1. The highest BCUT2D eigenvalue weighted by atomic mass is 32.2. The number of fused-ring (bicyclic) bond motifs is 1. The van der Waals surface area contributed by atoms with Gasteiger partial charge in [-0.2, -0.15) is 0 Å². The lowest BCUT2D eigenvalue weighted by Gasteiger charge is -2.36. The highest BCUT2D eigenvalue weighted by Gasteiger charge is 2.51. The van der Waals surface area contributed by atoms with Crippen LogP contribution in [0, 0.1) is 17.6 Å². The SMILES string of the molecule is NC1=N[C@@]2(c3cc(-c4cncnc4)c(F)cc3F)C[C@H](O)C[C@H]2CS1. The predicted molar refractivity (Wildman–Crippen MR) is 91.9 cm³/mol. The van der Waals surface area contributed by atoms with E-state index in [1.54, 1.807) is 0 Å². The summed E-state index contributed by atoms with van der Waals surface area (Å²) in [5.74, 6) is -0.780. The van der Waals surface area contributed by atoms with E-state index in [0.29, 0.717) is 22.9 Å². The Morgan fingerprint density at radius 1 is 1.20 bits per heavy atom. The maximum Gasteiger partial charge on any atom is 0.154 e. The number of nitrogens with zero attached hydrogens (tertiary/aromatic N) is 3. The van der Waals surface area contributed by atoms with E-state index in [9.17, 15) is 13.9 Å². The first-order chi connectivity index (χ1) is 12.0. The molecule has 8 heteroatoms. The average molecular weight is 362 g/mol. The fraction of sp³-hybridized carbons (Fsp3) is 0.353. The zero-order valence-electron chi connectivity index (χ0n) is 13.2. The maximum absolute atomic E-state index is 14.7. The quantitative estimate of drug-likeness (QED) is 0.857. The van der Waals surface area contributed by atoms with Crippen LogP contribution < -0.4 is 5.73 Å². The van der Waals surface area contributed by atoms with Crippen LogP contribution in [0.1, 0.15) is 18.4 Å². The Labute approximate surface area is 147 Å². The Kier molecular flexibility index (Phi) is 3.96. The molecule has 3 N–H and O–H groups in total. The fourth-order valence-electron chi connectivity index (χ4n) is 3.82. The lowest BCUT2D eigenvalue weighted by atomic mass is 9.80. The summed E-state index contributed by atoms with van der Waals surface area (Å²) < 4.78 is 29.1. The van der Waals surface area contributed by atoms with Gasteiger partial charge < -0.3 is 10.8 Å². The lowest BCUT2D eigenvalue weighted by Crippen LogP contribution is -2.37. The van der Waals surface area contributed by atoms with Crippen LogP contribution in [0.5, 0.6) is 0 Å². The van der Waals surface area contributed by atoms with Crippen LogP contribution >= 0.6 is 11.8 Å². The summed E-state index contributed by atoms with van der Waals surface area (Å²) in [7, 11) is 0. The van der Waals surface area contributed by atoms with Gasteiger partial charge in [0.1, 0.15) is 18.0 Å². The molecule has 5 nitrogen and oxygen atoms in total. The summed E-state index contributed by atoms with van der Waals surface area (Å²) in [6, 6.07) is 2.32. The number of halogens is 2. The first-order valence-electron chi connectivity index (χ1n) is 7.90. The minimum absolute atomic E-state index is 0.0559. The molecule has 1 aliphatic heterocycles. The van der Waals surface area contributed by atoms with Crippen molar-refractivity contribution in [2.24, 2.45) is 16.6 Å². The molecule has 1 aliphatic carbocycles. The van der Waals surface area contributed by atoms with E-state index in [1.807, 2.05) is 0 Å². The van der Waals surface area contributed by atoms with Crippen molar-refractivity contribution in [3.05, 3.63) is 48.1 Å². The van der Waals surface area contributed by atoms with Gasteiger partial charge in [0.05, 0.1) is 11.6 Å². The van der Waals surface area contributed by atoms with Crippen molar-refractivity contribution in [1.82, 2.24) is 9.97 Å². The first-order valence-corrected chi connectivity index (χ1v) is 8.89. The zero-order valence-corrected chi connectivity index (χ0v) is 14.0. The molecule has 0 radical (unpaired) electrons. The molecule has 0 bridgehead atoms. The van der Waals surface area contributed by atoms with Gasteiger partial charge in [0.25, 0.3) is 0 Å². The van der Waals surface area contributed by atoms with E-state index in [1.165, 1.54) is 36.5 Å². The Morgan fingerprint density at radius 3 is 2.72 bits per heavy atom. The monoisotopic (exact) mass is 362 g/mol. The van der Waals surface area contributed by atoms with Gasteiger partial charge >= 0.3 is 0 Å². The standard InChI is InChI=1S/C17H16F2N4OS/c18-14-3-15(19)13(2-12(14)9-5-21-8-22-6-9)17-4-11(24)1-10(17)7-25-16(20)23-17/h2-3,5-6,8,10-11,24H,1,4,7H2,(H2,20,23)/t10-,11+,17-/m0/s1. The molecule has 2 heterocycles. The van der Waals surface area contributed by atoms with E-state index in [2.05, 4.69) is 15.0 Å². The van der Waals surface area contributed by atoms with E-state index < -0.39 is 23.3 Å². The Morgan fingerprint density at radius 2 is 1.96 bits per heavy atom. The summed E-state index contributed by atoms with van der Waals surface area (Å²) in [4.78, 5) is 12.3.